The largest absolute Gasteiger partial charge is 0.432 e. The molecule has 0 saturated carbocycles. The van der Waals surface area contributed by atoms with Crippen molar-refractivity contribution in [2.24, 2.45) is 5.41 Å². The first-order valence-corrected chi connectivity index (χ1v) is 6.51. The Hall–Kier alpha value is -1.61. The highest BCUT2D eigenvalue weighted by atomic mass is 16.7. The molecule has 1 aliphatic heterocycles. The molecule has 1 fully saturated rings. The fourth-order valence-corrected chi connectivity index (χ4v) is 1.90. The first kappa shape index (κ1) is 13.8. The van der Waals surface area contributed by atoms with Crippen LogP contribution in [0.1, 0.15) is 33.3 Å². The average Bonchev–Trinajstić information content (AvgIpc) is 2.33. The molecule has 0 spiro atoms. The van der Waals surface area contributed by atoms with Crippen molar-refractivity contribution in [1.82, 2.24) is 0 Å². The standard InChI is InChI=1S/C16H20O3/c1-11-13(10-12-8-6-5-7-9-12)14(17)19-15(18-11)16(2,3)4/h5-11,15H,1-4H3/b13-10-. The Labute approximate surface area is 114 Å². The second-order valence-electron chi connectivity index (χ2n) is 5.89. The SMILES string of the molecule is CC1OC(C(C)(C)C)OC(=O)/C1=C\c1ccccc1. The fraction of sp³-hybridized carbons (Fsp3) is 0.438. The van der Waals surface area contributed by atoms with E-state index >= 15 is 0 Å². The van der Waals surface area contributed by atoms with Gasteiger partial charge in [0.1, 0.15) is 0 Å². The molecule has 0 N–H and O–H groups in total. The van der Waals surface area contributed by atoms with E-state index in [0.717, 1.165) is 5.56 Å². The van der Waals surface area contributed by atoms with E-state index in [1.54, 1.807) is 0 Å². The number of rotatable bonds is 1. The van der Waals surface area contributed by atoms with Gasteiger partial charge in [-0.25, -0.2) is 4.79 Å². The van der Waals surface area contributed by atoms with Crippen LogP contribution in [-0.2, 0) is 14.3 Å². The van der Waals surface area contributed by atoms with E-state index in [1.165, 1.54) is 0 Å². The molecule has 1 aromatic carbocycles. The van der Waals surface area contributed by atoms with Gasteiger partial charge < -0.3 is 9.47 Å². The topological polar surface area (TPSA) is 35.5 Å². The molecule has 1 heterocycles. The zero-order chi connectivity index (χ0) is 14.0. The van der Waals surface area contributed by atoms with Crippen molar-refractivity contribution in [2.75, 3.05) is 0 Å². The van der Waals surface area contributed by atoms with Gasteiger partial charge in [0.05, 0.1) is 11.7 Å². The van der Waals surface area contributed by atoms with Crippen LogP contribution >= 0.6 is 0 Å². The summed E-state index contributed by atoms with van der Waals surface area (Å²) in [6.45, 7) is 7.85. The third-order valence-corrected chi connectivity index (χ3v) is 3.04. The lowest BCUT2D eigenvalue weighted by Gasteiger charge is -2.36. The van der Waals surface area contributed by atoms with E-state index in [4.69, 9.17) is 9.47 Å². The Bertz CT molecular complexity index is 482. The van der Waals surface area contributed by atoms with Crippen LogP contribution in [0.25, 0.3) is 6.08 Å². The zero-order valence-electron chi connectivity index (χ0n) is 11.8. The summed E-state index contributed by atoms with van der Waals surface area (Å²) in [6, 6.07) is 9.70. The van der Waals surface area contributed by atoms with Crippen LogP contribution in [0.3, 0.4) is 0 Å². The number of esters is 1. The minimum atomic E-state index is -0.497. The molecule has 102 valence electrons. The van der Waals surface area contributed by atoms with E-state index in [9.17, 15) is 4.79 Å². The van der Waals surface area contributed by atoms with Gasteiger partial charge in [-0.15, -0.1) is 0 Å². The zero-order valence-corrected chi connectivity index (χ0v) is 11.8. The number of hydrogen-bond acceptors (Lipinski definition) is 3. The molecule has 2 unspecified atom stereocenters. The third-order valence-electron chi connectivity index (χ3n) is 3.04. The Morgan fingerprint density at radius 1 is 1.16 bits per heavy atom. The Morgan fingerprint density at radius 3 is 2.32 bits per heavy atom. The molecular formula is C16H20O3. The summed E-state index contributed by atoms with van der Waals surface area (Å²) >= 11 is 0. The lowest BCUT2D eigenvalue weighted by Crippen LogP contribution is -2.43. The second kappa shape index (κ2) is 5.17. The number of benzene rings is 1. The molecule has 0 aliphatic carbocycles. The maximum Gasteiger partial charge on any atom is 0.339 e. The number of cyclic esters (lactones) is 1. The molecule has 1 aromatic rings. The molecule has 3 nitrogen and oxygen atoms in total. The van der Waals surface area contributed by atoms with E-state index < -0.39 is 6.29 Å². The minimum absolute atomic E-state index is 0.220. The van der Waals surface area contributed by atoms with Gasteiger partial charge >= 0.3 is 5.97 Å². The summed E-state index contributed by atoms with van der Waals surface area (Å²) in [5.74, 6) is -0.289. The van der Waals surface area contributed by atoms with Gasteiger partial charge in [0.2, 0.25) is 6.29 Å². The molecule has 2 atom stereocenters. The number of hydrogen-bond donors (Lipinski definition) is 0. The van der Waals surface area contributed by atoms with Crippen molar-refractivity contribution in [3.8, 4) is 0 Å². The van der Waals surface area contributed by atoms with Gasteiger partial charge in [-0.1, -0.05) is 51.1 Å². The maximum atomic E-state index is 12.1. The molecule has 0 bridgehead atoms. The summed E-state index contributed by atoms with van der Waals surface area (Å²) in [5.41, 5.74) is 1.31. The van der Waals surface area contributed by atoms with Crippen molar-refractivity contribution >= 4 is 12.0 Å². The average molecular weight is 260 g/mol. The molecule has 3 heteroatoms. The Kier molecular flexibility index (Phi) is 3.76. The van der Waals surface area contributed by atoms with Gasteiger partial charge in [0.15, 0.2) is 0 Å². The van der Waals surface area contributed by atoms with Gasteiger partial charge in [0, 0.05) is 5.41 Å². The van der Waals surface area contributed by atoms with Crippen LogP contribution in [-0.4, -0.2) is 18.4 Å². The predicted octanol–water partition coefficient (Wildman–Crippen LogP) is 3.40. The van der Waals surface area contributed by atoms with Crippen LogP contribution in [0.2, 0.25) is 0 Å². The number of ether oxygens (including phenoxy) is 2. The smallest absolute Gasteiger partial charge is 0.339 e. The van der Waals surface area contributed by atoms with Crippen molar-refractivity contribution in [2.45, 2.75) is 40.1 Å². The second-order valence-corrected chi connectivity index (χ2v) is 5.89. The highest BCUT2D eigenvalue weighted by Crippen LogP contribution is 2.31. The van der Waals surface area contributed by atoms with Crippen molar-refractivity contribution in [3.63, 3.8) is 0 Å². The van der Waals surface area contributed by atoms with Crippen LogP contribution in [0, 0.1) is 5.41 Å². The number of carbonyl (C=O) groups excluding carboxylic acids is 1. The summed E-state index contributed by atoms with van der Waals surface area (Å²) in [7, 11) is 0. The monoisotopic (exact) mass is 260 g/mol. The molecule has 2 rings (SSSR count). The fourth-order valence-electron chi connectivity index (χ4n) is 1.90. The molecule has 19 heavy (non-hydrogen) atoms. The Morgan fingerprint density at radius 2 is 1.79 bits per heavy atom. The summed E-state index contributed by atoms with van der Waals surface area (Å²) in [6.07, 6.45) is 1.07. The van der Waals surface area contributed by atoms with Gasteiger partial charge in [0.25, 0.3) is 0 Å². The van der Waals surface area contributed by atoms with Crippen molar-refractivity contribution in [1.29, 1.82) is 0 Å². The summed E-state index contributed by atoms with van der Waals surface area (Å²) in [5, 5.41) is 0. The molecule has 1 saturated heterocycles. The highest BCUT2D eigenvalue weighted by molar-refractivity contribution is 5.95. The lowest BCUT2D eigenvalue weighted by molar-refractivity contribution is -0.225. The van der Waals surface area contributed by atoms with Crippen LogP contribution < -0.4 is 0 Å². The van der Waals surface area contributed by atoms with Crippen molar-refractivity contribution in [3.05, 3.63) is 41.5 Å². The van der Waals surface area contributed by atoms with Gasteiger partial charge in [-0.3, -0.25) is 0 Å². The number of carbonyl (C=O) groups is 1. The maximum absolute atomic E-state index is 12.1. The lowest BCUT2D eigenvalue weighted by atomic mass is 9.94. The van der Waals surface area contributed by atoms with Gasteiger partial charge in [-0.05, 0) is 18.6 Å². The highest BCUT2D eigenvalue weighted by Gasteiger charge is 2.38. The predicted molar refractivity (Wildman–Crippen MR) is 74.3 cm³/mol. The normalized spacial score (nSPS) is 26.3. The van der Waals surface area contributed by atoms with E-state index in [2.05, 4.69) is 0 Å². The van der Waals surface area contributed by atoms with Crippen LogP contribution in [0.4, 0.5) is 0 Å². The minimum Gasteiger partial charge on any atom is -0.432 e. The third kappa shape index (κ3) is 3.24. The Balaban J connectivity index is 2.22. The van der Waals surface area contributed by atoms with Crippen molar-refractivity contribution < 1.29 is 14.3 Å². The van der Waals surface area contributed by atoms with E-state index in [1.807, 2.05) is 64.1 Å². The first-order chi connectivity index (χ1) is 8.88. The first-order valence-electron chi connectivity index (χ1n) is 6.51. The van der Waals surface area contributed by atoms with E-state index in [0.29, 0.717) is 5.57 Å². The summed E-state index contributed by atoms with van der Waals surface area (Å²) in [4.78, 5) is 12.1. The molecular weight excluding hydrogens is 240 g/mol. The van der Waals surface area contributed by atoms with Crippen LogP contribution in [0.5, 0.6) is 0 Å². The molecule has 1 aliphatic rings. The van der Waals surface area contributed by atoms with Gasteiger partial charge in [-0.2, -0.15) is 0 Å². The summed E-state index contributed by atoms with van der Waals surface area (Å²) < 4.78 is 11.2. The molecule has 0 aromatic heterocycles. The quantitative estimate of drug-likeness (QED) is 0.573. The van der Waals surface area contributed by atoms with Crippen LogP contribution in [0.15, 0.2) is 35.9 Å². The molecule has 0 amide bonds. The van der Waals surface area contributed by atoms with E-state index in [-0.39, 0.29) is 17.5 Å². The molecule has 0 radical (unpaired) electrons.